The molecule has 0 saturated heterocycles. The predicted octanol–water partition coefficient (Wildman–Crippen LogP) is 1.38. The summed E-state index contributed by atoms with van der Waals surface area (Å²) < 4.78 is 36.4. The van der Waals surface area contributed by atoms with E-state index in [2.05, 4.69) is 10.5 Å². The Hall–Kier alpha value is -3.51. The molecule has 0 fully saturated rings. The summed E-state index contributed by atoms with van der Waals surface area (Å²) in [5.74, 6) is -0.0544. The molecule has 1 amide bonds. The maximum atomic E-state index is 12.7. The first kappa shape index (κ1) is 22.8. The van der Waals surface area contributed by atoms with Gasteiger partial charge in [0, 0.05) is 25.2 Å². The van der Waals surface area contributed by atoms with Gasteiger partial charge in [0.1, 0.15) is 0 Å². The van der Waals surface area contributed by atoms with Gasteiger partial charge in [-0.25, -0.2) is 13.8 Å². The summed E-state index contributed by atoms with van der Waals surface area (Å²) in [7, 11) is 0.109. The van der Waals surface area contributed by atoms with Crippen LogP contribution in [0.1, 0.15) is 5.56 Å². The minimum Gasteiger partial charge on any atom is -0.493 e. The molecule has 0 aliphatic rings. The normalized spacial score (nSPS) is 11.5. The predicted molar refractivity (Wildman–Crippen MR) is 108 cm³/mol. The van der Waals surface area contributed by atoms with Gasteiger partial charge in [0.15, 0.2) is 11.5 Å². The standard InChI is InChI=1S/C18H20N4O7S/c1-21(30(26,27)15-8-9-16(28-2)17(10-15)29-3)12-18(23)20-19-11-13-4-6-14(7-5-13)22(24)25/h4-11H,12H2,1-3H3,(H,20,23)/b19-11-. The van der Waals surface area contributed by atoms with Crippen LogP contribution >= 0.6 is 0 Å². The molecule has 2 aromatic rings. The van der Waals surface area contributed by atoms with E-state index < -0.39 is 27.4 Å². The fourth-order valence-electron chi connectivity index (χ4n) is 2.34. The number of carbonyl (C=O) groups excluding carboxylic acids is 1. The number of sulfonamides is 1. The Morgan fingerprint density at radius 2 is 1.80 bits per heavy atom. The van der Waals surface area contributed by atoms with Crippen LogP contribution in [0.5, 0.6) is 11.5 Å². The van der Waals surface area contributed by atoms with Crippen LogP contribution in [0.2, 0.25) is 0 Å². The molecule has 0 atom stereocenters. The highest BCUT2D eigenvalue weighted by Crippen LogP contribution is 2.30. The quantitative estimate of drug-likeness (QED) is 0.356. The molecule has 0 heterocycles. The Labute approximate surface area is 173 Å². The van der Waals surface area contributed by atoms with Gasteiger partial charge in [0.2, 0.25) is 10.0 Å². The molecule has 2 rings (SSSR count). The zero-order chi connectivity index (χ0) is 22.3. The average molecular weight is 436 g/mol. The fraction of sp³-hybridized carbons (Fsp3) is 0.222. The lowest BCUT2D eigenvalue weighted by Gasteiger charge is -2.17. The van der Waals surface area contributed by atoms with Crippen molar-refractivity contribution in [2.75, 3.05) is 27.8 Å². The topological polar surface area (TPSA) is 140 Å². The second-order valence-corrected chi connectivity index (χ2v) is 7.96. The number of amides is 1. The van der Waals surface area contributed by atoms with E-state index >= 15 is 0 Å². The molecule has 11 nitrogen and oxygen atoms in total. The second-order valence-electron chi connectivity index (χ2n) is 5.92. The molecule has 160 valence electrons. The van der Waals surface area contributed by atoms with Crippen LogP contribution in [0.25, 0.3) is 0 Å². The van der Waals surface area contributed by atoms with Crippen LogP contribution in [-0.4, -0.2) is 57.6 Å². The SMILES string of the molecule is COc1ccc(S(=O)(=O)N(C)CC(=O)N/N=C\c2ccc([N+](=O)[O-])cc2)cc1OC. The van der Waals surface area contributed by atoms with Gasteiger partial charge in [0.05, 0.1) is 36.8 Å². The lowest BCUT2D eigenvalue weighted by Crippen LogP contribution is -2.36. The molecular weight excluding hydrogens is 416 g/mol. The molecule has 0 aliphatic carbocycles. The van der Waals surface area contributed by atoms with Crippen molar-refractivity contribution in [1.29, 1.82) is 0 Å². The van der Waals surface area contributed by atoms with Gasteiger partial charge >= 0.3 is 0 Å². The third kappa shape index (κ3) is 5.52. The first-order valence-corrected chi connectivity index (χ1v) is 9.87. The Morgan fingerprint density at radius 1 is 1.17 bits per heavy atom. The van der Waals surface area contributed by atoms with Gasteiger partial charge in [-0.15, -0.1) is 0 Å². The van der Waals surface area contributed by atoms with Crippen molar-refractivity contribution in [1.82, 2.24) is 9.73 Å². The smallest absolute Gasteiger partial charge is 0.269 e. The van der Waals surface area contributed by atoms with Crippen molar-refractivity contribution in [3.63, 3.8) is 0 Å². The number of methoxy groups -OCH3 is 2. The molecule has 12 heteroatoms. The molecule has 30 heavy (non-hydrogen) atoms. The largest absolute Gasteiger partial charge is 0.493 e. The molecule has 1 N–H and O–H groups in total. The lowest BCUT2D eigenvalue weighted by atomic mass is 10.2. The summed E-state index contributed by atoms with van der Waals surface area (Å²) in [6.07, 6.45) is 1.28. The van der Waals surface area contributed by atoms with Crippen LogP contribution in [-0.2, 0) is 14.8 Å². The summed E-state index contributed by atoms with van der Waals surface area (Å²) in [4.78, 5) is 22.0. The van der Waals surface area contributed by atoms with Crippen LogP contribution in [0.15, 0.2) is 52.5 Å². The van der Waals surface area contributed by atoms with Crippen LogP contribution in [0, 0.1) is 10.1 Å². The Balaban J connectivity index is 2.01. The Bertz CT molecular complexity index is 1050. The number of hydrogen-bond acceptors (Lipinski definition) is 8. The molecule has 0 aromatic heterocycles. The number of rotatable bonds is 9. The molecule has 0 spiro atoms. The third-order valence-electron chi connectivity index (χ3n) is 3.94. The van der Waals surface area contributed by atoms with Gasteiger partial charge in [-0.05, 0) is 29.8 Å². The summed E-state index contributed by atoms with van der Waals surface area (Å²) >= 11 is 0. The van der Waals surface area contributed by atoms with Crippen molar-refractivity contribution in [2.45, 2.75) is 4.90 Å². The number of nitrogens with one attached hydrogen (secondary N) is 1. The minimum atomic E-state index is -3.96. The van der Waals surface area contributed by atoms with Crippen molar-refractivity contribution in [3.05, 3.63) is 58.1 Å². The Morgan fingerprint density at radius 3 is 2.37 bits per heavy atom. The Kier molecular flexibility index (Phi) is 7.44. The molecule has 0 aliphatic heterocycles. The number of nitrogens with zero attached hydrogens (tertiary/aromatic N) is 3. The van der Waals surface area contributed by atoms with E-state index in [1.165, 1.54) is 69.9 Å². The molecule has 0 bridgehead atoms. The molecule has 0 saturated carbocycles. The van der Waals surface area contributed by atoms with E-state index in [1.807, 2.05) is 0 Å². The number of likely N-dealkylation sites (N-methyl/N-ethyl adjacent to an activating group) is 1. The molecule has 0 radical (unpaired) electrons. The number of hydrazone groups is 1. The minimum absolute atomic E-state index is 0.0650. The number of carbonyl (C=O) groups is 1. The zero-order valence-corrected chi connectivity index (χ0v) is 17.3. The van der Waals surface area contributed by atoms with Gasteiger partial charge in [-0.2, -0.15) is 9.41 Å². The van der Waals surface area contributed by atoms with Crippen molar-refractivity contribution < 1.29 is 27.6 Å². The van der Waals surface area contributed by atoms with Gasteiger partial charge in [-0.1, -0.05) is 0 Å². The zero-order valence-electron chi connectivity index (χ0n) is 16.4. The van der Waals surface area contributed by atoms with Crippen LogP contribution in [0.4, 0.5) is 5.69 Å². The first-order valence-electron chi connectivity index (χ1n) is 8.43. The highest BCUT2D eigenvalue weighted by atomic mass is 32.2. The summed E-state index contributed by atoms with van der Waals surface area (Å²) in [6, 6.07) is 9.61. The van der Waals surface area contributed by atoms with Crippen molar-refractivity contribution >= 4 is 27.8 Å². The highest BCUT2D eigenvalue weighted by Gasteiger charge is 2.24. The number of nitro benzene ring substituents is 1. The van der Waals surface area contributed by atoms with E-state index in [1.54, 1.807) is 0 Å². The number of hydrogen-bond donors (Lipinski definition) is 1. The summed E-state index contributed by atoms with van der Waals surface area (Å²) in [5.41, 5.74) is 2.66. The van der Waals surface area contributed by atoms with Gasteiger partial charge in [-0.3, -0.25) is 14.9 Å². The monoisotopic (exact) mass is 436 g/mol. The van der Waals surface area contributed by atoms with E-state index in [4.69, 9.17) is 9.47 Å². The fourth-order valence-corrected chi connectivity index (χ4v) is 3.48. The maximum absolute atomic E-state index is 12.7. The number of benzene rings is 2. The lowest BCUT2D eigenvalue weighted by molar-refractivity contribution is -0.384. The van der Waals surface area contributed by atoms with Crippen molar-refractivity contribution in [2.24, 2.45) is 5.10 Å². The average Bonchev–Trinajstić information content (AvgIpc) is 2.73. The van der Waals surface area contributed by atoms with E-state index in [0.717, 1.165) is 4.31 Å². The first-order chi connectivity index (χ1) is 14.2. The summed E-state index contributed by atoms with van der Waals surface area (Å²) in [6.45, 7) is -0.478. The van der Waals surface area contributed by atoms with Crippen molar-refractivity contribution in [3.8, 4) is 11.5 Å². The summed E-state index contributed by atoms with van der Waals surface area (Å²) in [5, 5.41) is 14.3. The molecule has 0 unspecified atom stereocenters. The van der Waals surface area contributed by atoms with E-state index in [9.17, 15) is 23.3 Å². The van der Waals surface area contributed by atoms with Gasteiger partial charge in [0.25, 0.3) is 11.6 Å². The molecular formula is C18H20N4O7S. The second kappa shape index (κ2) is 9.80. The number of non-ortho nitro benzene ring substituents is 1. The number of nitro groups is 1. The maximum Gasteiger partial charge on any atom is 0.269 e. The van der Waals surface area contributed by atoms with Crippen LogP contribution in [0.3, 0.4) is 0 Å². The van der Waals surface area contributed by atoms with E-state index in [-0.39, 0.29) is 16.3 Å². The van der Waals surface area contributed by atoms with Crippen LogP contribution < -0.4 is 14.9 Å². The highest BCUT2D eigenvalue weighted by molar-refractivity contribution is 7.89. The third-order valence-corrected chi connectivity index (χ3v) is 5.74. The molecule has 2 aromatic carbocycles. The van der Waals surface area contributed by atoms with Gasteiger partial charge < -0.3 is 9.47 Å². The van der Waals surface area contributed by atoms with E-state index in [0.29, 0.717) is 11.3 Å². The number of ether oxygens (including phenoxy) is 2.